The topological polar surface area (TPSA) is 78.3 Å². The lowest BCUT2D eigenvalue weighted by Crippen LogP contribution is -2.23. The summed E-state index contributed by atoms with van der Waals surface area (Å²) in [6.45, 7) is 0.824. The molecule has 7 nitrogen and oxygen atoms in total. The normalized spacial score (nSPS) is 15.9. The minimum atomic E-state index is -0.332. The number of carbonyl (C=O) groups excluding carboxylic acids is 1. The number of nitrogens with one attached hydrogen (secondary N) is 1. The van der Waals surface area contributed by atoms with Gasteiger partial charge in [0.25, 0.3) is 5.91 Å². The number of aryl methyl sites for hydroxylation is 1. The van der Waals surface area contributed by atoms with Crippen LogP contribution in [0, 0.1) is 0 Å². The Kier molecular flexibility index (Phi) is 3.63. The molecule has 0 atom stereocenters. The van der Waals surface area contributed by atoms with Crippen molar-refractivity contribution in [2.45, 2.75) is 19.3 Å². The fourth-order valence-corrected chi connectivity index (χ4v) is 4.19. The van der Waals surface area contributed by atoms with Crippen molar-refractivity contribution in [2.24, 2.45) is 0 Å². The van der Waals surface area contributed by atoms with Crippen LogP contribution >= 0.6 is 11.3 Å². The van der Waals surface area contributed by atoms with Gasteiger partial charge in [0.15, 0.2) is 0 Å². The number of amides is 1. The minimum Gasteiger partial charge on any atom is -0.494 e. The van der Waals surface area contributed by atoms with Crippen LogP contribution in [0.2, 0.25) is 0 Å². The molecule has 3 aromatic rings. The molecule has 2 aromatic heterocycles. The molecular weight excluding hydrogens is 352 g/mol. The molecule has 1 amide bonds. The number of carbonyl (C=O) groups is 1. The molecule has 0 unspecified atom stereocenters. The van der Waals surface area contributed by atoms with E-state index in [-0.39, 0.29) is 11.7 Å². The Hall–Kier alpha value is -2.87. The first-order valence-corrected chi connectivity index (χ1v) is 9.34. The van der Waals surface area contributed by atoms with E-state index in [1.807, 2.05) is 24.3 Å². The van der Waals surface area contributed by atoms with E-state index in [1.165, 1.54) is 6.26 Å². The van der Waals surface area contributed by atoms with E-state index < -0.39 is 0 Å². The first-order valence-electron chi connectivity index (χ1n) is 8.52. The summed E-state index contributed by atoms with van der Waals surface area (Å²) in [6, 6.07) is 7.96. The fourth-order valence-electron chi connectivity index (χ4n) is 3.27. The van der Waals surface area contributed by atoms with E-state index in [2.05, 4.69) is 10.3 Å². The average Bonchev–Trinajstić information content (AvgIpc) is 3.37. The van der Waals surface area contributed by atoms with Crippen LogP contribution in [-0.4, -0.2) is 33.9 Å². The van der Waals surface area contributed by atoms with Gasteiger partial charge >= 0.3 is 0 Å². The Bertz CT molecular complexity index is 1000. The maximum Gasteiger partial charge on any atom is 0.295 e. The van der Waals surface area contributed by atoms with Gasteiger partial charge in [-0.1, -0.05) is 23.5 Å². The third kappa shape index (κ3) is 2.53. The Balaban J connectivity index is 1.56. The molecule has 3 heterocycles. The number of nitrogens with zero attached hydrogens (tertiary/aromatic N) is 3. The summed E-state index contributed by atoms with van der Waals surface area (Å²) in [5, 5.41) is 8.41. The molecule has 1 aliphatic carbocycles. The summed E-state index contributed by atoms with van der Waals surface area (Å²) in [5.74, 6) is 0.526. The van der Waals surface area contributed by atoms with Crippen LogP contribution in [0.15, 0.2) is 36.3 Å². The van der Waals surface area contributed by atoms with Gasteiger partial charge in [-0.15, -0.1) is 0 Å². The number of aromatic nitrogens is 3. The molecule has 0 radical (unpaired) electrons. The molecule has 0 spiro atoms. The lowest BCUT2D eigenvalue weighted by Gasteiger charge is -2.15. The van der Waals surface area contributed by atoms with E-state index in [9.17, 15) is 4.79 Å². The summed E-state index contributed by atoms with van der Waals surface area (Å²) in [6.07, 6.45) is 4.21. The van der Waals surface area contributed by atoms with E-state index in [0.717, 1.165) is 45.9 Å². The molecule has 1 aromatic carbocycles. The molecule has 2 aliphatic rings. The summed E-state index contributed by atoms with van der Waals surface area (Å²) in [5.41, 5.74) is 3.02. The van der Waals surface area contributed by atoms with Crippen LogP contribution < -0.4 is 5.32 Å². The van der Waals surface area contributed by atoms with Crippen LogP contribution in [-0.2, 0) is 27.1 Å². The predicted octanol–water partition coefficient (Wildman–Crippen LogP) is 2.80. The molecule has 1 aliphatic heterocycles. The highest BCUT2D eigenvalue weighted by Crippen LogP contribution is 2.34. The molecule has 1 N–H and O–H groups in total. The van der Waals surface area contributed by atoms with Gasteiger partial charge in [-0.3, -0.25) is 4.79 Å². The van der Waals surface area contributed by atoms with Crippen molar-refractivity contribution in [3.05, 3.63) is 47.5 Å². The number of thiazole rings is 1. The summed E-state index contributed by atoms with van der Waals surface area (Å²) in [4.78, 5) is 17.3. The molecular formula is C18H16N4O3S. The molecule has 132 valence electrons. The van der Waals surface area contributed by atoms with Crippen molar-refractivity contribution >= 4 is 33.3 Å². The molecule has 0 bridgehead atoms. The standard InChI is InChI=1S/C18H16N4O3S/c23-17(14-10-24-8-9-25-14)20-16-11-4-3-6-12(11)21-22(16)18-19-13-5-1-2-7-15(13)26-18/h1-2,5,7,10H,3-4,6,8-9H2,(H,20,23). The Labute approximate surface area is 153 Å². The third-order valence-corrected chi connectivity index (χ3v) is 5.49. The van der Waals surface area contributed by atoms with Gasteiger partial charge in [-0.25, -0.2) is 4.98 Å². The SMILES string of the molecule is O=C(Nc1c2c(nn1-c1nc3ccccc3s1)CCC2)C1=COCCO1. The lowest BCUT2D eigenvalue weighted by molar-refractivity contribution is -0.117. The van der Waals surface area contributed by atoms with Crippen LogP contribution in [0.25, 0.3) is 15.3 Å². The van der Waals surface area contributed by atoms with E-state index in [1.54, 1.807) is 16.0 Å². The largest absolute Gasteiger partial charge is 0.494 e. The first-order chi connectivity index (χ1) is 12.8. The molecule has 0 saturated heterocycles. The summed E-state index contributed by atoms with van der Waals surface area (Å²) < 4.78 is 13.4. The van der Waals surface area contributed by atoms with Crippen LogP contribution in [0.5, 0.6) is 0 Å². The highest BCUT2D eigenvalue weighted by atomic mass is 32.1. The van der Waals surface area contributed by atoms with Crippen molar-refractivity contribution in [3.63, 3.8) is 0 Å². The van der Waals surface area contributed by atoms with E-state index in [4.69, 9.17) is 14.6 Å². The monoisotopic (exact) mass is 368 g/mol. The molecule has 26 heavy (non-hydrogen) atoms. The van der Waals surface area contributed by atoms with Crippen molar-refractivity contribution in [3.8, 4) is 5.13 Å². The van der Waals surface area contributed by atoms with Crippen LogP contribution in [0.3, 0.4) is 0 Å². The summed E-state index contributed by atoms with van der Waals surface area (Å²) >= 11 is 1.55. The Morgan fingerprint density at radius 2 is 2.15 bits per heavy atom. The number of hydrogen-bond acceptors (Lipinski definition) is 6. The molecule has 8 heteroatoms. The van der Waals surface area contributed by atoms with E-state index in [0.29, 0.717) is 19.0 Å². The van der Waals surface area contributed by atoms with Gasteiger partial charge in [-0.05, 0) is 31.4 Å². The van der Waals surface area contributed by atoms with Gasteiger partial charge in [0.1, 0.15) is 25.3 Å². The number of rotatable bonds is 3. The second-order valence-corrected chi connectivity index (χ2v) is 7.17. The second kappa shape index (κ2) is 6.14. The number of fused-ring (bicyclic) bond motifs is 2. The maximum atomic E-state index is 12.6. The van der Waals surface area contributed by atoms with E-state index >= 15 is 0 Å². The van der Waals surface area contributed by atoms with Crippen LogP contribution in [0.4, 0.5) is 5.82 Å². The molecule has 0 fully saturated rings. The lowest BCUT2D eigenvalue weighted by atomic mass is 10.2. The fraction of sp³-hybridized carbons (Fsp3) is 0.278. The second-order valence-electron chi connectivity index (χ2n) is 6.16. The smallest absolute Gasteiger partial charge is 0.295 e. The van der Waals surface area contributed by atoms with Gasteiger partial charge in [0.05, 0.1) is 15.9 Å². The van der Waals surface area contributed by atoms with Gasteiger partial charge in [0, 0.05) is 5.56 Å². The Morgan fingerprint density at radius 1 is 1.23 bits per heavy atom. The zero-order valence-electron chi connectivity index (χ0n) is 13.9. The first kappa shape index (κ1) is 15.4. The van der Waals surface area contributed by atoms with Gasteiger partial charge < -0.3 is 14.8 Å². The number of hydrogen-bond donors (Lipinski definition) is 1. The number of benzene rings is 1. The molecule has 0 saturated carbocycles. The van der Waals surface area contributed by atoms with Crippen molar-refractivity contribution in [2.75, 3.05) is 18.5 Å². The number of ether oxygens (including phenoxy) is 2. The summed E-state index contributed by atoms with van der Waals surface area (Å²) in [7, 11) is 0. The third-order valence-electron chi connectivity index (χ3n) is 4.48. The number of anilines is 1. The zero-order chi connectivity index (χ0) is 17.5. The highest BCUT2D eigenvalue weighted by Gasteiger charge is 2.27. The highest BCUT2D eigenvalue weighted by molar-refractivity contribution is 7.20. The molecule has 5 rings (SSSR count). The zero-order valence-corrected chi connectivity index (χ0v) is 14.7. The van der Waals surface area contributed by atoms with Crippen molar-refractivity contribution < 1.29 is 14.3 Å². The van der Waals surface area contributed by atoms with Crippen molar-refractivity contribution in [1.29, 1.82) is 0 Å². The van der Waals surface area contributed by atoms with Crippen LogP contribution in [0.1, 0.15) is 17.7 Å². The number of para-hydroxylation sites is 1. The average molecular weight is 368 g/mol. The maximum absolute atomic E-state index is 12.6. The Morgan fingerprint density at radius 3 is 3.00 bits per heavy atom. The van der Waals surface area contributed by atoms with Gasteiger partial charge in [-0.2, -0.15) is 9.78 Å². The van der Waals surface area contributed by atoms with Crippen molar-refractivity contribution in [1.82, 2.24) is 14.8 Å². The predicted molar refractivity (Wildman–Crippen MR) is 97.4 cm³/mol. The quantitative estimate of drug-likeness (QED) is 0.769. The minimum absolute atomic E-state index is 0.181. The van der Waals surface area contributed by atoms with Gasteiger partial charge in [0.2, 0.25) is 10.9 Å².